The molecule has 0 saturated carbocycles. The van der Waals surface area contributed by atoms with Gasteiger partial charge in [0.1, 0.15) is 23.8 Å². The highest BCUT2D eigenvalue weighted by Crippen LogP contribution is 2.43. The maximum Gasteiger partial charge on any atom is 0.319 e. The number of rotatable bonds is 6. The van der Waals surface area contributed by atoms with E-state index in [0.717, 1.165) is 19.4 Å². The minimum absolute atomic E-state index is 0.0186. The molecule has 3 aliphatic rings. The fourth-order valence-corrected chi connectivity index (χ4v) is 6.97. The lowest BCUT2D eigenvalue weighted by Gasteiger charge is -2.47. The molecule has 0 aliphatic carbocycles. The van der Waals surface area contributed by atoms with Gasteiger partial charge in [0.05, 0.1) is 17.6 Å². The Morgan fingerprint density at radius 3 is 2.83 bits per heavy atom. The highest BCUT2D eigenvalue weighted by molar-refractivity contribution is 6.36. The number of benzene rings is 2. The van der Waals surface area contributed by atoms with Crippen LogP contribution in [-0.4, -0.2) is 82.1 Å². The molecule has 4 aromatic rings. The number of fused-ring (bicyclic) bond motifs is 3. The van der Waals surface area contributed by atoms with E-state index in [1.807, 2.05) is 11.9 Å². The van der Waals surface area contributed by atoms with Gasteiger partial charge in [-0.2, -0.15) is 9.97 Å². The van der Waals surface area contributed by atoms with Gasteiger partial charge in [-0.3, -0.25) is 9.78 Å². The van der Waals surface area contributed by atoms with Crippen molar-refractivity contribution in [1.29, 1.82) is 0 Å². The third-order valence-corrected chi connectivity index (χ3v) is 9.26. The Morgan fingerprint density at radius 1 is 1.19 bits per heavy atom. The monoisotopic (exact) mass is 590 g/mol. The quantitative estimate of drug-likeness (QED) is 0.285. The summed E-state index contributed by atoms with van der Waals surface area (Å²) in [4.78, 5) is 31.8. The van der Waals surface area contributed by atoms with E-state index >= 15 is 8.78 Å². The Labute approximate surface area is 246 Å². The number of pyridine rings is 1. The molecule has 2 aromatic heterocycles. The minimum atomic E-state index is -0.835. The van der Waals surface area contributed by atoms with Gasteiger partial charge in [0.25, 0.3) is 0 Å². The number of anilines is 1. The number of hydrogen-bond acceptors (Lipinski definition) is 7. The molecule has 5 heterocycles. The predicted molar refractivity (Wildman–Crippen MR) is 158 cm³/mol. The largest absolute Gasteiger partial charge is 0.462 e. The third kappa shape index (κ3) is 4.27. The van der Waals surface area contributed by atoms with Crippen molar-refractivity contribution < 1.29 is 18.3 Å². The number of carbonyl (C=O) groups is 1. The van der Waals surface area contributed by atoms with Crippen LogP contribution in [-0.2, 0) is 4.79 Å². The lowest BCUT2D eigenvalue weighted by Crippen LogP contribution is -2.63. The Morgan fingerprint density at radius 2 is 2.05 bits per heavy atom. The molecule has 1 amide bonds. The predicted octanol–water partition coefficient (Wildman–Crippen LogP) is 5.23. The van der Waals surface area contributed by atoms with E-state index in [9.17, 15) is 4.79 Å². The summed E-state index contributed by atoms with van der Waals surface area (Å²) in [7, 11) is 2.04. The zero-order valence-electron chi connectivity index (χ0n) is 23.1. The Kier molecular flexibility index (Phi) is 6.70. The van der Waals surface area contributed by atoms with Gasteiger partial charge in [0, 0.05) is 58.3 Å². The van der Waals surface area contributed by atoms with E-state index in [1.54, 1.807) is 29.3 Å². The van der Waals surface area contributed by atoms with E-state index in [4.69, 9.17) is 21.3 Å². The Hall–Kier alpha value is -3.89. The zero-order valence-corrected chi connectivity index (χ0v) is 23.8. The van der Waals surface area contributed by atoms with Crippen LogP contribution in [0.3, 0.4) is 0 Å². The number of ether oxygens (including phenoxy) is 1. The van der Waals surface area contributed by atoms with Crippen LogP contribution in [0.15, 0.2) is 49.3 Å². The van der Waals surface area contributed by atoms with Crippen molar-refractivity contribution in [1.82, 2.24) is 24.8 Å². The molecule has 8 nitrogen and oxygen atoms in total. The van der Waals surface area contributed by atoms with E-state index < -0.39 is 11.6 Å². The first kappa shape index (κ1) is 27.0. The second-order valence-electron chi connectivity index (χ2n) is 11.2. The molecule has 216 valence electrons. The van der Waals surface area contributed by atoms with Crippen molar-refractivity contribution in [3.63, 3.8) is 0 Å². The maximum atomic E-state index is 16.6. The zero-order chi connectivity index (χ0) is 29.1. The first-order valence-electron chi connectivity index (χ1n) is 14.1. The SMILES string of the molecule is C=CC(=O)N1CC[C@@H]2[C@H]1CN2c1nc(OC[C@@H]2CCCN2C)nc2c(F)c(-c3cncc4cccc(Cl)c34)c(F)cc12. The normalized spacial score (nSPS) is 22.0. The van der Waals surface area contributed by atoms with Gasteiger partial charge in [0.15, 0.2) is 5.82 Å². The molecular weight excluding hydrogens is 562 g/mol. The molecule has 3 saturated heterocycles. The molecule has 2 aromatic carbocycles. The highest BCUT2D eigenvalue weighted by Gasteiger charge is 2.49. The van der Waals surface area contributed by atoms with Crippen LogP contribution in [0.4, 0.5) is 14.6 Å². The van der Waals surface area contributed by atoms with Crippen molar-refractivity contribution in [2.24, 2.45) is 0 Å². The van der Waals surface area contributed by atoms with Crippen LogP contribution in [0.2, 0.25) is 5.02 Å². The summed E-state index contributed by atoms with van der Waals surface area (Å²) in [5.74, 6) is -1.34. The van der Waals surface area contributed by atoms with E-state index in [2.05, 4.69) is 21.4 Å². The number of amides is 1. The smallest absolute Gasteiger partial charge is 0.319 e. The number of likely N-dealkylation sites (N-methyl/N-ethyl adjacent to an activating group) is 1. The molecule has 11 heteroatoms. The minimum Gasteiger partial charge on any atom is -0.462 e. The number of halogens is 3. The van der Waals surface area contributed by atoms with Crippen LogP contribution in [0.5, 0.6) is 6.01 Å². The van der Waals surface area contributed by atoms with Crippen molar-refractivity contribution in [3.8, 4) is 17.1 Å². The van der Waals surface area contributed by atoms with Crippen molar-refractivity contribution in [2.75, 3.05) is 38.2 Å². The Balaban J connectivity index is 1.36. The van der Waals surface area contributed by atoms with Gasteiger partial charge >= 0.3 is 6.01 Å². The molecule has 0 bridgehead atoms. The fraction of sp³-hybridized carbons (Fsp3) is 0.355. The first-order valence-corrected chi connectivity index (χ1v) is 14.5. The lowest BCUT2D eigenvalue weighted by molar-refractivity contribution is -0.127. The summed E-state index contributed by atoms with van der Waals surface area (Å²) in [5, 5.41) is 1.78. The van der Waals surface area contributed by atoms with Gasteiger partial charge in [-0.1, -0.05) is 30.3 Å². The summed E-state index contributed by atoms with van der Waals surface area (Å²) < 4.78 is 38.6. The molecule has 7 rings (SSSR count). The third-order valence-electron chi connectivity index (χ3n) is 8.94. The molecule has 0 radical (unpaired) electrons. The van der Waals surface area contributed by atoms with Gasteiger partial charge in [0.2, 0.25) is 5.91 Å². The summed E-state index contributed by atoms with van der Waals surface area (Å²) in [6.07, 6.45) is 7.11. The second-order valence-corrected chi connectivity index (χ2v) is 11.6. The fourth-order valence-electron chi connectivity index (χ4n) is 6.68. The van der Waals surface area contributed by atoms with Crippen molar-refractivity contribution in [3.05, 3.63) is 66.0 Å². The molecule has 3 fully saturated rings. The molecule has 42 heavy (non-hydrogen) atoms. The van der Waals surface area contributed by atoms with Gasteiger partial charge in [-0.05, 0) is 51.1 Å². The van der Waals surface area contributed by atoms with Gasteiger partial charge in [-0.15, -0.1) is 0 Å². The lowest BCUT2D eigenvalue weighted by atomic mass is 9.95. The standard InChI is InChI=1S/C31H29ClF2N6O2/c1-3-25(41)39-11-9-23-24(39)15-40(23)30-19-12-22(33)27(20-14-35-13-17-6-4-8-21(32)26(17)20)28(34)29(19)36-31(37-30)42-16-18-7-5-10-38(18)2/h3-4,6,8,12-14,18,23-24H,1,5,7,9-11,15-16H2,2H3/t18-,23+,24+/m0/s1. The number of likely N-dealkylation sites (tertiary alicyclic amines) is 2. The van der Waals surface area contributed by atoms with Gasteiger partial charge in [-0.25, -0.2) is 8.78 Å². The van der Waals surface area contributed by atoms with Crippen molar-refractivity contribution >= 4 is 45.0 Å². The molecule has 3 atom stereocenters. The average molecular weight is 591 g/mol. The number of carbonyl (C=O) groups excluding carboxylic acids is 1. The van der Waals surface area contributed by atoms with E-state index in [1.165, 1.54) is 18.3 Å². The Bertz CT molecular complexity index is 1750. The van der Waals surface area contributed by atoms with Crippen LogP contribution >= 0.6 is 11.6 Å². The van der Waals surface area contributed by atoms with Gasteiger partial charge < -0.3 is 19.4 Å². The number of hydrogen-bond donors (Lipinski definition) is 0. The second kappa shape index (κ2) is 10.4. The topological polar surface area (TPSA) is 74.7 Å². The number of aromatic nitrogens is 3. The molecule has 0 N–H and O–H groups in total. The molecule has 0 unspecified atom stereocenters. The van der Waals surface area contributed by atoms with Crippen LogP contribution < -0.4 is 9.64 Å². The average Bonchev–Trinajstić information content (AvgIpc) is 3.54. The van der Waals surface area contributed by atoms with Crippen LogP contribution in [0.1, 0.15) is 19.3 Å². The van der Waals surface area contributed by atoms with Crippen LogP contribution in [0.25, 0.3) is 32.8 Å². The summed E-state index contributed by atoms with van der Waals surface area (Å²) >= 11 is 6.50. The molecule has 0 spiro atoms. The van der Waals surface area contributed by atoms with Crippen molar-refractivity contribution in [2.45, 2.75) is 37.4 Å². The van der Waals surface area contributed by atoms with Crippen LogP contribution in [0, 0.1) is 11.6 Å². The highest BCUT2D eigenvalue weighted by atomic mass is 35.5. The molecule has 3 aliphatic heterocycles. The summed E-state index contributed by atoms with van der Waals surface area (Å²) in [5.41, 5.74) is -0.0655. The van der Waals surface area contributed by atoms with E-state index in [-0.39, 0.29) is 52.1 Å². The van der Waals surface area contributed by atoms with E-state index in [0.29, 0.717) is 47.7 Å². The summed E-state index contributed by atoms with van der Waals surface area (Å²) in [6.45, 7) is 6.01. The number of nitrogens with zero attached hydrogens (tertiary/aromatic N) is 6. The summed E-state index contributed by atoms with van der Waals surface area (Å²) in [6, 6.07) is 6.70. The maximum absolute atomic E-state index is 16.6. The molecular formula is C31H29ClF2N6O2. The first-order chi connectivity index (χ1) is 20.4.